The molecule has 2 saturated heterocycles. The summed E-state index contributed by atoms with van der Waals surface area (Å²) >= 11 is 8.15. The Bertz CT molecular complexity index is 728. The molecule has 3 heterocycles. The second-order valence-electron chi connectivity index (χ2n) is 6.57. The minimum Gasteiger partial charge on any atom is -0.389 e. The molecule has 0 spiro atoms. The van der Waals surface area contributed by atoms with Crippen molar-refractivity contribution < 1.29 is 0 Å². The smallest absolute Gasteiger partial charge is 0.134 e. The van der Waals surface area contributed by atoms with Crippen molar-refractivity contribution in [2.75, 3.05) is 19.6 Å². The van der Waals surface area contributed by atoms with Crippen LogP contribution in [0.2, 0.25) is 0 Å². The Kier molecular flexibility index (Phi) is 4.85. The second kappa shape index (κ2) is 7.07. The summed E-state index contributed by atoms with van der Waals surface area (Å²) in [7, 11) is 0. The monoisotopic (exact) mass is 376 g/mol. The molecule has 3 unspecified atom stereocenters. The van der Waals surface area contributed by atoms with E-state index in [0.717, 1.165) is 28.8 Å². The molecule has 2 bridgehead atoms. The molecule has 1 aromatic heterocycles. The first-order chi connectivity index (χ1) is 11.7. The molecule has 7 heteroatoms. The zero-order chi connectivity index (χ0) is 16.5. The highest BCUT2D eigenvalue weighted by Crippen LogP contribution is 2.41. The van der Waals surface area contributed by atoms with Crippen LogP contribution < -0.4 is 5.73 Å². The summed E-state index contributed by atoms with van der Waals surface area (Å²) in [6, 6.07) is 8.17. The average Bonchev–Trinajstić information content (AvgIpc) is 3.17. The van der Waals surface area contributed by atoms with E-state index in [4.69, 9.17) is 18.0 Å². The fourth-order valence-electron chi connectivity index (χ4n) is 3.75. The Morgan fingerprint density at radius 2 is 2.12 bits per heavy atom. The number of thioether (sulfide) groups is 1. The molecule has 1 aromatic carbocycles. The lowest BCUT2D eigenvalue weighted by Crippen LogP contribution is -2.25. The van der Waals surface area contributed by atoms with Gasteiger partial charge in [0.25, 0.3) is 0 Å². The van der Waals surface area contributed by atoms with Gasteiger partial charge in [-0.3, -0.25) is 0 Å². The number of hydrogen-bond donors (Lipinski definition) is 1. The Morgan fingerprint density at radius 3 is 2.88 bits per heavy atom. The summed E-state index contributed by atoms with van der Waals surface area (Å²) in [6.45, 7) is 3.65. The third kappa shape index (κ3) is 3.35. The van der Waals surface area contributed by atoms with Crippen molar-refractivity contribution in [2.45, 2.75) is 29.5 Å². The van der Waals surface area contributed by atoms with Gasteiger partial charge >= 0.3 is 0 Å². The lowest BCUT2D eigenvalue weighted by Gasteiger charge is -2.21. The predicted octanol–water partition coefficient (Wildman–Crippen LogP) is 3.27. The minimum absolute atomic E-state index is 0.447. The van der Waals surface area contributed by atoms with Gasteiger partial charge in [-0.15, -0.1) is 0 Å². The molecule has 0 aliphatic carbocycles. The van der Waals surface area contributed by atoms with E-state index in [9.17, 15) is 0 Å². The number of aromatic nitrogens is 2. The SMILES string of the molecule is NC(=S)c1ccc(CSc2nsnc2C2CN3CCCC2C3)cc1. The van der Waals surface area contributed by atoms with Crippen LogP contribution in [0.3, 0.4) is 0 Å². The van der Waals surface area contributed by atoms with Crippen molar-refractivity contribution in [2.24, 2.45) is 11.7 Å². The first kappa shape index (κ1) is 16.4. The van der Waals surface area contributed by atoms with Crippen molar-refractivity contribution in [1.29, 1.82) is 0 Å². The van der Waals surface area contributed by atoms with Crippen LogP contribution in [0.4, 0.5) is 0 Å². The highest BCUT2D eigenvalue weighted by atomic mass is 32.2. The van der Waals surface area contributed by atoms with E-state index in [-0.39, 0.29) is 0 Å². The Hall–Kier alpha value is -1.02. The fraction of sp³-hybridized carbons (Fsp3) is 0.471. The molecule has 0 saturated carbocycles. The molecule has 2 N–H and O–H groups in total. The standard InChI is InChI=1S/C17H20N4S3/c18-16(22)12-5-3-11(4-6-12)10-23-17-15(19-24-20-17)14-9-21-7-1-2-13(14)8-21/h3-6,13-14H,1-2,7-10H2,(H2,18,22). The van der Waals surface area contributed by atoms with Gasteiger partial charge in [0, 0.05) is 30.3 Å². The van der Waals surface area contributed by atoms with Crippen molar-refractivity contribution in [3.8, 4) is 0 Å². The number of nitrogens with zero attached hydrogens (tertiary/aromatic N) is 3. The fourth-order valence-corrected chi connectivity index (χ4v) is 5.62. The van der Waals surface area contributed by atoms with Crippen LogP contribution in [0.1, 0.15) is 35.6 Å². The molecular weight excluding hydrogens is 356 g/mol. The minimum atomic E-state index is 0.447. The molecular formula is C17H20N4S3. The molecule has 0 amide bonds. The first-order valence-electron chi connectivity index (χ1n) is 8.27. The summed E-state index contributed by atoms with van der Waals surface area (Å²) in [6.07, 6.45) is 2.67. The van der Waals surface area contributed by atoms with E-state index in [1.165, 1.54) is 48.9 Å². The van der Waals surface area contributed by atoms with Crippen LogP contribution in [0.25, 0.3) is 0 Å². The molecule has 24 heavy (non-hydrogen) atoms. The van der Waals surface area contributed by atoms with Crippen molar-refractivity contribution in [3.05, 3.63) is 41.1 Å². The molecule has 3 atom stereocenters. The number of piperidine rings is 1. The van der Waals surface area contributed by atoms with Crippen molar-refractivity contribution in [1.82, 2.24) is 13.6 Å². The maximum Gasteiger partial charge on any atom is 0.134 e. The predicted molar refractivity (Wildman–Crippen MR) is 104 cm³/mol. The van der Waals surface area contributed by atoms with Crippen LogP contribution >= 0.6 is 35.7 Å². The van der Waals surface area contributed by atoms with Gasteiger partial charge < -0.3 is 10.6 Å². The largest absolute Gasteiger partial charge is 0.389 e. The van der Waals surface area contributed by atoms with Crippen molar-refractivity contribution in [3.63, 3.8) is 0 Å². The maximum absolute atomic E-state index is 5.65. The van der Waals surface area contributed by atoms with Gasteiger partial charge in [0.15, 0.2) is 0 Å². The van der Waals surface area contributed by atoms with Gasteiger partial charge in [0.05, 0.1) is 17.4 Å². The van der Waals surface area contributed by atoms with E-state index < -0.39 is 0 Å². The number of benzene rings is 1. The van der Waals surface area contributed by atoms with Gasteiger partial charge in [0.2, 0.25) is 0 Å². The van der Waals surface area contributed by atoms with Crippen LogP contribution in [-0.2, 0) is 5.75 Å². The van der Waals surface area contributed by atoms with Crippen LogP contribution in [0, 0.1) is 5.92 Å². The summed E-state index contributed by atoms with van der Waals surface area (Å²) in [5, 5.41) is 1.12. The first-order valence-corrected chi connectivity index (χ1v) is 10.4. The van der Waals surface area contributed by atoms with Gasteiger partial charge in [-0.25, -0.2) is 0 Å². The normalized spacial score (nSPS) is 25.8. The van der Waals surface area contributed by atoms with Crippen LogP contribution in [0.15, 0.2) is 29.3 Å². The van der Waals surface area contributed by atoms with Crippen LogP contribution in [0.5, 0.6) is 0 Å². The number of hydrogen-bond acceptors (Lipinski definition) is 6. The summed E-state index contributed by atoms with van der Waals surface area (Å²) in [5.41, 5.74) is 9.06. The van der Waals surface area contributed by atoms with Gasteiger partial charge in [0.1, 0.15) is 10.0 Å². The number of nitrogens with two attached hydrogens (primary N) is 1. The summed E-state index contributed by atoms with van der Waals surface area (Å²) in [4.78, 5) is 3.03. The molecule has 0 radical (unpaired) electrons. The highest BCUT2D eigenvalue weighted by Gasteiger charge is 2.38. The van der Waals surface area contributed by atoms with Gasteiger partial charge in [-0.2, -0.15) is 8.75 Å². The van der Waals surface area contributed by atoms with Crippen molar-refractivity contribution >= 4 is 40.7 Å². The Labute approximate surface area is 156 Å². The zero-order valence-electron chi connectivity index (χ0n) is 13.4. The third-order valence-corrected chi connectivity index (χ3v) is 6.96. The van der Waals surface area contributed by atoms with E-state index in [0.29, 0.717) is 10.9 Å². The molecule has 126 valence electrons. The average molecular weight is 377 g/mol. The van der Waals surface area contributed by atoms with E-state index >= 15 is 0 Å². The topological polar surface area (TPSA) is 55.0 Å². The molecule has 2 aromatic rings. The lowest BCUT2D eigenvalue weighted by atomic mass is 9.89. The number of rotatable bonds is 5. The van der Waals surface area contributed by atoms with E-state index in [1.54, 1.807) is 11.8 Å². The summed E-state index contributed by atoms with van der Waals surface area (Å²) < 4.78 is 9.23. The molecule has 4 rings (SSSR count). The number of thiocarbonyl (C=S) groups is 1. The molecule has 2 fully saturated rings. The molecule has 2 aliphatic heterocycles. The zero-order valence-corrected chi connectivity index (χ0v) is 15.8. The third-order valence-electron chi connectivity index (χ3n) is 5.01. The summed E-state index contributed by atoms with van der Waals surface area (Å²) in [5.74, 6) is 2.24. The Morgan fingerprint density at radius 1 is 1.29 bits per heavy atom. The molecule has 2 aliphatic rings. The lowest BCUT2D eigenvalue weighted by molar-refractivity contribution is 0.269. The van der Waals surface area contributed by atoms with E-state index in [1.807, 2.05) is 12.1 Å². The molecule has 4 nitrogen and oxygen atoms in total. The highest BCUT2D eigenvalue weighted by molar-refractivity contribution is 7.98. The maximum atomic E-state index is 5.65. The van der Waals surface area contributed by atoms with Gasteiger partial charge in [-0.05, 0) is 30.9 Å². The quantitative estimate of drug-likeness (QED) is 0.638. The second-order valence-corrected chi connectivity index (χ2v) is 8.51. The van der Waals surface area contributed by atoms with Gasteiger partial charge in [-0.1, -0.05) is 48.2 Å². The Balaban J connectivity index is 1.44. The van der Waals surface area contributed by atoms with E-state index in [2.05, 4.69) is 25.8 Å². The van der Waals surface area contributed by atoms with Crippen LogP contribution in [-0.4, -0.2) is 38.3 Å². The number of fused-ring (bicyclic) bond motifs is 2.